The number of aromatic nitrogens is 2. The SMILES string of the molecule is CCn1cc(N)c(NC[C@@H]2CCCO2)n1. The van der Waals surface area contributed by atoms with Gasteiger partial charge in [-0.1, -0.05) is 0 Å². The molecule has 0 aromatic carbocycles. The largest absolute Gasteiger partial charge is 0.394 e. The minimum Gasteiger partial charge on any atom is -0.394 e. The van der Waals surface area contributed by atoms with Gasteiger partial charge in [0.15, 0.2) is 5.82 Å². The molecule has 1 aromatic heterocycles. The number of rotatable bonds is 4. The van der Waals surface area contributed by atoms with E-state index in [0.29, 0.717) is 11.8 Å². The van der Waals surface area contributed by atoms with Gasteiger partial charge in [-0.3, -0.25) is 4.68 Å². The van der Waals surface area contributed by atoms with Crippen molar-refractivity contribution in [2.24, 2.45) is 0 Å². The summed E-state index contributed by atoms with van der Waals surface area (Å²) < 4.78 is 7.34. The number of aryl methyl sites for hydroxylation is 1. The van der Waals surface area contributed by atoms with Crippen LogP contribution in [0.4, 0.5) is 11.5 Å². The number of hydrogen-bond acceptors (Lipinski definition) is 4. The van der Waals surface area contributed by atoms with Crippen LogP contribution >= 0.6 is 0 Å². The second-order valence-corrected chi connectivity index (χ2v) is 3.80. The number of hydrogen-bond donors (Lipinski definition) is 2. The number of nitrogens with one attached hydrogen (secondary N) is 1. The standard InChI is InChI=1S/C10H18N4O/c1-2-14-7-9(11)10(13-14)12-6-8-4-3-5-15-8/h7-8H,2-6,11H2,1H3,(H,12,13)/t8-/m0/s1. The lowest BCUT2D eigenvalue weighted by molar-refractivity contribution is 0.120. The van der Waals surface area contributed by atoms with Gasteiger partial charge in [0.25, 0.3) is 0 Å². The highest BCUT2D eigenvalue weighted by atomic mass is 16.5. The second-order valence-electron chi connectivity index (χ2n) is 3.80. The smallest absolute Gasteiger partial charge is 0.171 e. The third-order valence-electron chi connectivity index (χ3n) is 2.64. The van der Waals surface area contributed by atoms with E-state index in [4.69, 9.17) is 10.5 Å². The van der Waals surface area contributed by atoms with E-state index in [9.17, 15) is 0 Å². The molecule has 5 nitrogen and oxygen atoms in total. The van der Waals surface area contributed by atoms with Crippen molar-refractivity contribution in [1.82, 2.24) is 9.78 Å². The molecule has 0 aliphatic carbocycles. The summed E-state index contributed by atoms with van der Waals surface area (Å²) in [4.78, 5) is 0. The molecule has 1 aliphatic rings. The van der Waals surface area contributed by atoms with Crippen LogP contribution in [-0.2, 0) is 11.3 Å². The van der Waals surface area contributed by atoms with E-state index in [1.807, 2.05) is 17.8 Å². The van der Waals surface area contributed by atoms with Crippen LogP contribution < -0.4 is 11.1 Å². The predicted octanol–water partition coefficient (Wildman–Crippen LogP) is 1.08. The molecule has 1 fully saturated rings. The van der Waals surface area contributed by atoms with Crippen LogP contribution in [0.2, 0.25) is 0 Å². The molecule has 2 heterocycles. The van der Waals surface area contributed by atoms with Gasteiger partial charge in [-0.2, -0.15) is 5.10 Å². The van der Waals surface area contributed by atoms with E-state index in [2.05, 4.69) is 10.4 Å². The van der Waals surface area contributed by atoms with Gasteiger partial charge >= 0.3 is 0 Å². The molecule has 2 rings (SSSR count). The van der Waals surface area contributed by atoms with Gasteiger partial charge in [0.1, 0.15) is 0 Å². The lowest BCUT2D eigenvalue weighted by atomic mass is 10.2. The minimum atomic E-state index is 0.316. The van der Waals surface area contributed by atoms with E-state index in [1.54, 1.807) is 0 Å². The Kier molecular flexibility index (Phi) is 3.11. The van der Waals surface area contributed by atoms with E-state index < -0.39 is 0 Å². The van der Waals surface area contributed by atoms with Crippen molar-refractivity contribution in [3.63, 3.8) is 0 Å². The zero-order chi connectivity index (χ0) is 10.7. The Bertz CT molecular complexity index is 317. The molecule has 1 atom stereocenters. The van der Waals surface area contributed by atoms with Crippen molar-refractivity contribution >= 4 is 11.5 Å². The predicted molar refractivity (Wildman–Crippen MR) is 59.8 cm³/mol. The van der Waals surface area contributed by atoms with Crippen molar-refractivity contribution in [2.75, 3.05) is 24.2 Å². The van der Waals surface area contributed by atoms with Gasteiger partial charge in [-0.15, -0.1) is 0 Å². The van der Waals surface area contributed by atoms with Crippen molar-refractivity contribution in [3.05, 3.63) is 6.20 Å². The Morgan fingerprint density at radius 2 is 2.60 bits per heavy atom. The molecule has 0 unspecified atom stereocenters. The number of nitrogen functional groups attached to an aromatic ring is 1. The zero-order valence-electron chi connectivity index (χ0n) is 9.07. The third-order valence-corrected chi connectivity index (χ3v) is 2.64. The first-order valence-electron chi connectivity index (χ1n) is 5.48. The molecule has 0 bridgehead atoms. The molecule has 5 heteroatoms. The second kappa shape index (κ2) is 4.53. The topological polar surface area (TPSA) is 65.1 Å². The molecule has 15 heavy (non-hydrogen) atoms. The maximum absolute atomic E-state index is 5.82. The van der Waals surface area contributed by atoms with Crippen LogP contribution in [0.25, 0.3) is 0 Å². The summed E-state index contributed by atoms with van der Waals surface area (Å²) in [6.45, 7) is 4.55. The maximum atomic E-state index is 5.82. The molecule has 1 saturated heterocycles. The number of ether oxygens (including phenoxy) is 1. The van der Waals surface area contributed by atoms with Gasteiger partial charge < -0.3 is 15.8 Å². The average Bonchev–Trinajstić information content (AvgIpc) is 2.84. The van der Waals surface area contributed by atoms with Crippen molar-refractivity contribution in [1.29, 1.82) is 0 Å². The summed E-state index contributed by atoms with van der Waals surface area (Å²) in [5, 5.41) is 7.54. The highest BCUT2D eigenvalue weighted by Gasteiger charge is 2.16. The monoisotopic (exact) mass is 210 g/mol. The summed E-state index contributed by atoms with van der Waals surface area (Å²) in [7, 11) is 0. The number of nitrogens with zero attached hydrogens (tertiary/aromatic N) is 2. The van der Waals surface area contributed by atoms with Crippen molar-refractivity contribution in [2.45, 2.75) is 32.4 Å². The highest BCUT2D eigenvalue weighted by molar-refractivity contribution is 5.59. The van der Waals surface area contributed by atoms with E-state index in [-0.39, 0.29) is 0 Å². The molecule has 0 amide bonds. The van der Waals surface area contributed by atoms with Gasteiger partial charge in [0.05, 0.1) is 18.0 Å². The number of nitrogens with two attached hydrogens (primary N) is 1. The molecular weight excluding hydrogens is 192 g/mol. The molecule has 84 valence electrons. The van der Waals surface area contributed by atoms with Crippen LogP contribution in [-0.4, -0.2) is 29.0 Å². The summed E-state index contributed by atoms with van der Waals surface area (Å²) in [5.41, 5.74) is 6.52. The Labute approximate surface area is 89.6 Å². The highest BCUT2D eigenvalue weighted by Crippen LogP contribution is 2.17. The van der Waals surface area contributed by atoms with E-state index in [1.165, 1.54) is 0 Å². The van der Waals surface area contributed by atoms with Crippen LogP contribution in [0.15, 0.2) is 6.20 Å². The first-order chi connectivity index (χ1) is 7.29. The first kappa shape index (κ1) is 10.3. The normalized spacial score (nSPS) is 20.7. The molecule has 0 radical (unpaired) electrons. The average molecular weight is 210 g/mol. The Balaban J connectivity index is 1.89. The van der Waals surface area contributed by atoms with Crippen molar-refractivity contribution in [3.8, 4) is 0 Å². The third kappa shape index (κ3) is 2.41. The molecule has 3 N–H and O–H groups in total. The van der Waals surface area contributed by atoms with Crippen LogP contribution in [0.3, 0.4) is 0 Å². The van der Waals surface area contributed by atoms with Gasteiger partial charge in [0, 0.05) is 19.7 Å². The Morgan fingerprint density at radius 3 is 3.20 bits per heavy atom. The zero-order valence-corrected chi connectivity index (χ0v) is 9.07. The summed E-state index contributed by atoms with van der Waals surface area (Å²) in [5.74, 6) is 0.771. The first-order valence-corrected chi connectivity index (χ1v) is 5.48. The summed E-state index contributed by atoms with van der Waals surface area (Å²) >= 11 is 0. The summed E-state index contributed by atoms with van der Waals surface area (Å²) in [6.07, 6.45) is 4.45. The number of anilines is 2. The van der Waals surface area contributed by atoms with Crippen molar-refractivity contribution < 1.29 is 4.74 Å². The van der Waals surface area contributed by atoms with Crippen LogP contribution in [0.5, 0.6) is 0 Å². The lowest BCUT2D eigenvalue weighted by Gasteiger charge is -2.10. The molecule has 0 saturated carbocycles. The maximum Gasteiger partial charge on any atom is 0.171 e. The van der Waals surface area contributed by atoms with Gasteiger partial charge in [-0.25, -0.2) is 0 Å². The summed E-state index contributed by atoms with van der Waals surface area (Å²) in [6, 6.07) is 0. The molecular formula is C10H18N4O. The van der Waals surface area contributed by atoms with Crippen LogP contribution in [0.1, 0.15) is 19.8 Å². The van der Waals surface area contributed by atoms with Gasteiger partial charge in [-0.05, 0) is 19.8 Å². The quantitative estimate of drug-likeness (QED) is 0.780. The molecule has 1 aromatic rings. The Hall–Kier alpha value is -1.23. The van der Waals surface area contributed by atoms with E-state index >= 15 is 0 Å². The molecule has 1 aliphatic heterocycles. The van der Waals surface area contributed by atoms with Crippen LogP contribution in [0, 0.1) is 0 Å². The minimum absolute atomic E-state index is 0.316. The van der Waals surface area contributed by atoms with Gasteiger partial charge in [0.2, 0.25) is 0 Å². The van der Waals surface area contributed by atoms with E-state index in [0.717, 1.165) is 38.4 Å². The Morgan fingerprint density at radius 1 is 1.73 bits per heavy atom. The fraction of sp³-hybridized carbons (Fsp3) is 0.700. The molecule has 0 spiro atoms. The lowest BCUT2D eigenvalue weighted by Crippen LogP contribution is -2.19. The fourth-order valence-corrected chi connectivity index (χ4v) is 1.75. The fourth-order valence-electron chi connectivity index (χ4n) is 1.75.